The lowest BCUT2D eigenvalue weighted by Gasteiger charge is -2.34. The summed E-state index contributed by atoms with van der Waals surface area (Å²) in [5.74, 6) is 0.434. The van der Waals surface area contributed by atoms with Gasteiger partial charge in [-0.3, -0.25) is 9.59 Å². The molecule has 0 unspecified atom stereocenters. The Bertz CT molecular complexity index is 799. The smallest absolute Gasteiger partial charge is 0.270 e. The van der Waals surface area contributed by atoms with E-state index >= 15 is 0 Å². The number of likely N-dealkylation sites (tertiary alicyclic amines) is 1. The average molecular weight is 383 g/mol. The van der Waals surface area contributed by atoms with Crippen LogP contribution in [0.5, 0.6) is 0 Å². The van der Waals surface area contributed by atoms with Crippen LogP contribution in [0.15, 0.2) is 30.3 Å². The van der Waals surface area contributed by atoms with Gasteiger partial charge in [-0.1, -0.05) is 25.1 Å². The Hall–Kier alpha value is -2.34. The zero-order valence-electron chi connectivity index (χ0n) is 16.4. The third kappa shape index (κ3) is 4.07. The van der Waals surface area contributed by atoms with Gasteiger partial charge in [-0.15, -0.1) is 0 Å². The number of hydrogen-bond donors (Lipinski definition) is 2. The summed E-state index contributed by atoms with van der Waals surface area (Å²) in [6.07, 6.45) is 4.01. The van der Waals surface area contributed by atoms with Gasteiger partial charge in [0.2, 0.25) is 5.91 Å². The van der Waals surface area contributed by atoms with Crippen LogP contribution in [0.25, 0.3) is 10.9 Å². The zero-order valence-corrected chi connectivity index (χ0v) is 16.4. The molecule has 28 heavy (non-hydrogen) atoms. The minimum Gasteiger partial charge on any atom is -0.376 e. The summed E-state index contributed by atoms with van der Waals surface area (Å²) in [7, 11) is 0. The summed E-state index contributed by atoms with van der Waals surface area (Å²) in [4.78, 5) is 30.4. The molecule has 1 aromatic carbocycles. The van der Waals surface area contributed by atoms with E-state index in [1.807, 2.05) is 42.2 Å². The Morgan fingerprint density at radius 1 is 1.25 bits per heavy atom. The number of nitrogens with one attached hydrogen (secondary N) is 2. The van der Waals surface area contributed by atoms with Crippen LogP contribution < -0.4 is 5.32 Å². The number of hydrogen-bond acceptors (Lipinski definition) is 3. The van der Waals surface area contributed by atoms with Gasteiger partial charge in [0, 0.05) is 43.1 Å². The largest absolute Gasteiger partial charge is 0.376 e. The Morgan fingerprint density at radius 2 is 2.04 bits per heavy atom. The Morgan fingerprint density at radius 3 is 2.75 bits per heavy atom. The minimum atomic E-state index is -0.0354. The summed E-state index contributed by atoms with van der Waals surface area (Å²) >= 11 is 0. The van der Waals surface area contributed by atoms with Crippen molar-refractivity contribution in [1.29, 1.82) is 0 Å². The normalized spacial score (nSPS) is 21.8. The van der Waals surface area contributed by atoms with Crippen molar-refractivity contribution < 1.29 is 14.3 Å². The second-order valence-corrected chi connectivity index (χ2v) is 8.07. The Balaban J connectivity index is 1.28. The number of fused-ring (bicyclic) bond motifs is 1. The number of ether oxygens (including phenoxy) is 1. The van der Waals surface area contributed by atoms with E-state index in [0.717, 1.165) is 43.2 Å². The molecule has 2 saturated heterocycles. The lowest BCUT2D eigenvalue weighted by molar-refractivity contribution is -0.127. The number of amides is 2. The first kappa shape index (κ1) is 19.0. The number of aromatic amines is 1. The van der Waals surface area contributed by atoms with Crippen LogP contribution in [-0.2, 0) is 9.53 Å². The summed E-state index contributed by atoms with van der Waals surface area (Å²) in [5, 5.41) is 4.10. The highest BCUT2D eigenvalue weighted by Crippen LogP contribution is 2.26. The lowest BCUT2D eigenvalue weighted by atomic mass is 9.84. The third-order valence-corrected chi connectivity index (χ3v) is 6.24. The van der Waals surface area contributed by atoms with Crippen molar-refractivity contribution in [2.24, 2.45) is 11.8 Å². The van der Waals surface area contributed by atoms with E-state index in [1.165, 1.54) is 0 Å². The fraction of sp³-hybridized carbons (Fsp3) is 0.545. The van der Waals surface area contributed by atoms with Crippen LogP contribution in [0.2, 0.25) is 0 Å². The molecule has 6 nitrogen and oxygen atoms in total. The summed E-state index contributed by atoms with van der Waals surface area (Å²) in [6, 6.07) is 9.84. The topological polar surface area (TPSA) is 74.4 Å². The second-order valence-electron chi connectivity index (χ2n) is 8.07. The standard InChI is InChI=1S/C22H29N3O3/c1-15(21(26)23-14-18-6-4-12-28-18)16-8-10-25(11-9-16)22(27)20-13-17-5-2-3-7-19(17)24-20/h2-3,5,7,13,15-16,18,24H,4,6,8-12,14H2,1H3,(H,23,26)/t15-,18+/m1/s1. The van der Waals surface area contributed by atoms with Gasteiger partial charge in [0.05, 0.1) is 6.10 Å². The fourth-order valence-electron chi connectivity index (χ4n) is 4.36. The van der Waals surface area contributed by atoms with Gasteiger partial charge in [-0.25, -0.2) is 0 Å². The van der Waals surface area contributed by atoms with Crippen LogP contribution in [0.1, 0.15) is 43.1 Å². The maximum absolute atomic E-state index is 12.8. The number of H-pyrrole nitrogens is 1. The lowest BCUT2D eigenvalue weighted by Crippen LogP contribution is -2.43. The number of piperidine rings is 1. The SMILES string of the molecule is C[C@@H](C(=O)NC[C@@H]1CCCO1)C1CCN(C(=O)c2cc3ccccc3[nH]2)CC1. The van der Waals surface area contributed by atoms with Gasteiger partial charge >= 0.3 is 0 Å². The average Bonchev–Trinajstić information content (AvgIpc) is 3.40. The molecule has 150 valence electrons. The van der Waals surface area contributed by atoms with E-state index in [0.29, 0.717) is 31.2 Å². The molecule has 0 bridgehead atoms. The van der Waals surface area contributed by atoms with Crippen molar-refractivity contribution in [3.05, 3.63) is 36.0 Å². The van der Waals surface area contributed by atoms with Crippen LogP contribution in [-0.4, -0.2) is 54.0 Å². The maximum atomic E-state index is 12.8. The fourth-order valence-corrected chi connectivity index (χ4v) is 4.36. The maximum Gasteiger partial charge on any atom is 0.270 e. The number of benzene rings is 1. The molecule has 2 aromatic rings. The van der Waals surface area contributed by atoms with E-state index in [4.69, 9.17) is 4.74 Å². The molecule has 2 fully saturated rings. The van der Waals surface area contributed by atoms with Crippen LogP contribution in [0.4, 0.5) is 0 Å². The summed E-state index contributed by atoms with van der Waals surface area (Å²) in [5.41, 5.74) is 1.62. The Kier molecular flexibility index (Phi) is 5.67. The molecular weight excluding hydrogens is 354 g/mol. The molecule has 4 rings (SSSR count). The van der Waals surface area contributed by atoms with Gasteiger partial charge in [0.15, 0.2) is 0 Å². The molecule has 1 aromatic heterocycles. The molecular formula is C22H29N3O3. The number of nitrogens with zero attached hydrogens (tertiary/aromatic N) is 1. The molecule has 2 amide bonds. The molecule has 6 heteroatoms. The predicted octanol–water partition coefficient (Wildman–Crippen LogP) is 2.95. The monoisotopic (exact) mass is 383 g/mol. The van der Waals surface area contributed by atoms with Gasteiger partial charge in [-0.05, 0) is 43.7 Å². The Labute approximate surface area is 165 Å². The quantitative estimate of drug-likeness (QED) is 0.834. The van der Waals surface area contributed by atoms with E-state index < -0.39 is 0 Å². The third-order valence-electron chi connectivity index (χ3n) is 6.24. The van der Waals surface area contributed by atoms with Crippen LogP contribution in [0.3, 0.4) is 0 Å². The molecule has 2 aliphatic rings. The summed E-state index contributed by atoms with van der Waals surface area (Å²) in [6.45, 7) is 4.81. The van der Waals surface area contributed by atoms with E-state index in [-0.39, 0.29) is 23.8 Å². The van der Waals surface area contributed by atoms with Crippen LogP contribution >= 0.6 is 0 Å². The predicted molar refractivity (Wildman–Crippen MR) is 108 cm³/mol. The number of carbonyl (C=O) groups excluding carboxylic acids is 2. The molecule has 2 N–H and O–H groups in total. The van der Waals surface area contributed by atoms with Crippen molar-refractivity contribution in [2.75, 3.05) is 26.2 Å². The number of carbonyl (C=O) groups is 2. The molecule has 0 spiro atoms. The highest BCUT2D eigenvalue weighted by atomic mass is 16.5. The first-order valence-corrected chi connectivity index (χ1v) is 10.4. The van der Waals surface area contributed by atoms with Crippen LogP contribution in [0, 0.1) is 11.8 Å². The van der Waals surface area contributed by atoms with E-state index in [2.05, 4.69) is 10.3 Å². The van der Waals surface area contributed by atoms with Crippen molar-refractivity contribution >= 4 is 22.7 Å². The molecule has 2 aliphatic heterocycles. The summed E-state index contributed by atoms with van der Waals surface area (Å²) < 4.78 is 5.57. The minimum absolute atomic E-state index is 0.0354. The molecule has 3 heterocycles. The van der Waals surface area contributed by atoms with Crippen molar-refractivity contribution in [1.82, 2.24) is 15.2 Å². The van der Waals surface area contributed by atoms with Crippen molar-refractivity contribution in [3.63, 3.8) is 0 Å². The zero-order chi connectivity index (χ0) is 19.5. The first-order chi connectivity index (χ1) is 13.6. The molecule has 2 atom stereocenters. The highest BCUT2D eigenvalue weighted by molar-refractivity contribution is 5.98. The van der Waals surface area contributed by atoms with Crippen molar-refractivity contribution in [2.45, 2.75) is 38.7 Å². The first-order valence-electron chi connectivity index (χ1n) is 10.4. The van der Waals surface area contributed by atoms with E-state index in [9.17, 15) is 9.59 Å². The number of rotatable bonds is 5. The van der Waals surface area contributed by atoms with Crippen molar-refractivity contribution in [3.8, 4) is 0 Å². The number of aromatic nitrogens is 1. The molecule has 0 saturated carbocycles. The number of para-hydroxylation sites is 1. The van der Waals surface area contributed by atoms with E-state index in [1.54, 1.807) is 0 Å². The van der Waals surface area contributed by atoms with Gasteiger partial charge in [0.1, 0.15) is 5.69 Å². The van der Waals surface area contributed by atoms with Gasteiger partial charge in [-0.2, -0.15) is 0 Å². The van der Waals surface area contributed by atoms with Gasteiger partial charge < -0.3 is 19.9 Å². The molecule has 0 aliphatic carbocycles. The van der Waals surface area contributed by atoms with Gasteiger partial charge in [0.25, 0.3) is 5.91 Å². The second kappa shape index (κ2) is 8.35. The molecule has 0 radical (unpaired) electrons. The highest BCUT2D eigenvalue weighted by Gasteiger charge is 2.31.